The molecule has 0 atom stereocenters. The van der Waals surface area contributed by atoms with Gasteiger partial charge in [-0.1, -0.05) is 19.3 Å². The molecular weight excluding hydrogens is 280 g/mol. The van der Waals surface area contributed by atoms with E-state index in [0.717, 1.165) is 49.8 Å². The van der Waals surface area contributed by atoms with Gasteiger partial charge >= 0.3 is 0 Å². The number of nitrogens with zero attached hydrogens (tertiary/aromatic N) is 1. The molecule has 1 aromatic rings. The molecule has 3 N–H and O–H groups in total. The van der Waals surface area contributed by atoms with E-state index in [2.05, 4.69) is 20.8 Å². The minimum absolute atomic E-state index is 0.0248. The van der Waals surface area contributed by atoms with Crippen molar-refractivity contribution >= 4 is 11.8 Å². The quantitative estimate of drug-likeness (QED) is 0.787. The molecule has 0 spiro atoms. The Morgan fingerprint density at radius 3 is 2.68 bits per heavy atom. The van der Waals surface area contributed by atoms with Crippen molar-refractivity contribution in [1.82, 2.24) is 20.8 Å². The average Bonchev–Trinajstić information content (AvgIpc) is 2.98. The van der Waals surface area contributed by atoms with Gasteiger partial charge in [0, 0.05) is 17.3 Å². The van der Waals surface area contributed by atoms with Gasteiger partial charge in [0.25, 0.3) is 5.91 Å². The first-order valence-corrected chi connectivity index (χ1v) is 8.37. The van der Waals surface area contributed by atoms with Crippen LogP contribution < -0.4 is 10.6 Å². The van der Waals surface area contributed by atoms with Crippen LogP contribution in [0.2, 0.25) is 0 Å². The van der Waals surface area contributed by atoms with E-state index in [9.17, 15) is 9.59 Å². The zero-order chi connectivity index (χ0) is 15.4. The Morgan fingerprint density at radius 2 is 1.86 bits per heavy atom. The fourth-order valence-electron chi connectivity index (χ4n) is 3.44. The number of amides is 2. The maximum atomic E-state index is 12.2. The van der Waals surface area contributed by atoms with Gasteiger partial charge in [-0.25, -0.2) is 0 Å². The van der Waals surface area contributed by atoms with Gasteiger partial charge in [0.1, 0.15) is 0 Å². The number of carbonyl (C=O) groups excluding carboxylic acids is 2. The molecular formula is C16H24N4O2. The smallest absolute Gasteiger partial charge is 0.272 e. The van der Waals surface area contributed by atoms with Crippen molar-refractivity contribution in [3.05, 3.63) is 17.0 Å². The number of nitrogens with one attached hydrogen (secondary N) is 3. The summed E-state index contributed by atoms with van der Waals surface area (Å²) < 4.78 is 0. The van der Waals surface area contributed by atoms with Crippen LogP contribution in [0.1, 0.15) is 66.7 Å². The summed E-state index contributed by atoms with van der Waals surface area (Å²) in [6.07, 6.45) is 9.79. The Hall–Kier alpha value is -1.85. The molecule has 22 heavy (non-hydrogen) atoms. The van der Waals surface area contributed by atoms with E-state index >= 15 is 0 Å². The normalized spacial score (nSPS) is 18.5. The lowest BCUT2D eigenvalue weighted by Crippen LogP contribution is -2.42. The van der Waals surface area contributed by atoms with E-state index in [1.54, 1.807) is 0 Å². The van der Waals surface area contributed by atoms with E-state index in [0.29, 0.717) is 5.69 Å². The van der Waals surface area contributed by atoms with Crippen molar-refractivity contribution in [2.75, 3.05) is 6.54 Å². The summed E-state index contributed by atoms with van der Waals surface area (Å²) in [5.41, 5.74) is 2.56. The first-order chi connectivity index (χ1) is 10.7. The monoisotopic (exact) mass is 304 g/mol. The highest BCUT2D eigenvalue weighted by Crippen LogP contribution is 2.22. The van der Waals surface area contributed by atoms with Crippen LogP contribution in [-0.2, 0) is 17.6 Å². The molecule has 0 saturated heterocycles. The standard InChI is InChI=1S/C16H24N4O2/c21-14(18-11-6-2-1-3-7-11)10-17-16(22)15-12-8-4-5-9-13(12)19-20-15/h11H,1-10H2,(H,17,22)(H,18,21)(H,19,20). The SMILES string of the molecule is O=C(CNC(=O)c1n[nH]c2c1CCCC2)NC1CCCCC1. The van der Waals surface area contributed by atoms with Crippen molar-refractivity contribution in [2.24, 2.45) is 0 Å². The first-order valence-electron chi connectivity index (χ1n) is 8.37. The lowest BCUT2D eigenvalue weighted by Gasteiger charge is -2.22. The number of carbonyl (C=O) groups is 2. The molecule has 1 saturated carbocycles. The molecule has 1 aromatic heterocycles. The third kappa shape index (κ3) is 3.48. The third-order valence-corrected chi connectivity index (χ3v) is 4.65. The predicted molar refractivity (Wildman–Crippen MR) is 82.6 cm³/mol. The van der Waals surface area contributed by atoms with Crippen molar-refractivity contribution in [3.63, 3.8) is 0 Å². The summed E-state index contributed by atoms with van der Waals surface area (Å²) in [4.78, 5) is 24.1. The lowest BCUT2D eigenvalue weighted by atomic mass is 9.95. The number of hydrogen-bond acceptors (Lipinski definition) is 3. The van der Waals surface area contributed by atoms with E-state index in [1.807, 2.05) is 0 Å². The summed E-state index contributed by atoms with van der Waals surface area (Å²) in [5, 5.41) is 12.8. The summed E-state index contributed by atoms with van der Waals surface area (Å²) in [5.74, 6) is -0.358. The maximum absolute atomic E-state index is 12.2. The number of hydrogen-bond donors (Lipinski definition) is 3. The van der Waals surface area contributed by atoms with E-state index in [-0.39, 0.29) is 24.4 Å². The molecule has 2 amide bonds. The largest absolute Gasteiger partial charge is 0.352 e. The minimum atomic E-state index is -0.252. The van der Waals surface area contributed by atoms with Crippen LogP contribution in [-0.4, -0.2) is 34.6 Å². The van der Waals surface area contributed by atoms with Crippen molar-refractivity contribution in [1.29, 1.82) is 0 Å². The zero-order valence-corrected chi connectivity index (χ0v) is 12.9. The zero-order valence-electron chi connectivity index (χ0n) is 12.9. The molecule has 0 unspecified atom stereocenters. The number of H-pyrrole nitrogens is 1. The lowest BCUT2D eigenvalue weighted by molar-refractivity contribution is -0.121. The van der Waals surface area contributed by atoms with Crippen LogP contribution in [0.25, 0.3) is 0 Å². The van der Waals surface area contributed by atoms with Crippen LogP contribution in [0.15, 0.2) is 0 Å². The summed E-state index contributed by atoms with van der Waals surface area (Å²) in [7, 11) is 0. The van der Waals surface area contributed by atoms with Crippen molar-refractivity contribution < 1.29 is 9.59 Å². The molecule has 0 aliphatic heterocycles. The molecule has 2 aliphatic carbocycles. The molecule has 0 radical (unpaired) electrons. The Kier molecular flexibility index (Phi) is 4.75. The third-order valence-electron chi connectivity index (χ3n) is 4.65. The number of fused-ring (bicyclic) bond motifs is 1. The maximum Gasteiger partial charge on any atom is 0.272 e. The molecule has 6 nitrogen and oxygen atoms in total. The van der Waals surface area contributed by atoms with Gasteiger partial charge in [0.15, 0.2) is 5.69 Å². The number of aromatic amines is 1. The number of aromatic nitrogens is 2. The van der Waals surface area contributed by atoms with Gasteiger partial charge in [-0.15, -0.1) is 0 Å². The second-order valence-corrected chi connectivity index (χ2v) is 6.32. The average molecular weight is 304 g/mol. The molecule has 120 valence electrons. The second kappa shape index (κ2) is 6.94. The van der Waals surface area contributed by atoms with E-state index < -0.39 is 0 Å². The summed E-state index contributed by atoms with van der Waals surface area (Å²) >= 11 is 0. The summed E-state index contributed by atoms with van der Waals surface area (Å²) in [6.45, 7) is 0.0248. The molecule has 1 heterocycles. The molecule has 6 heteroatoms. The Morgan fingerprint density at radius 1 is 1.09 bits per heavy atom. The molecule has 1 fully saturated rings. The van der Waals surface area contributed by atoms with Crippen LogP contribution >= 0.6 is 0 Å². The van der Waals surface area contributed by atoms with Crippen LogP contribution in [0, 0.1) is 0 Å². The molecule has 0 bridgehead atoms. The van der Waals surface area contributed by atoms with Crippen LogP contribution in [0.4, 0.5) is 0 Å². The summed E-state index contributed by atoms with van der Waals surface area (Å²) in [6, 6.07) is 0.274. The van der Waals surface area contributed by atoms with Gasteiger partial charge in [0.05, 0.1) is 6.54 Å². The molecule has 2 aliphatic rings. The van der Waals surface area contributed by atoms with Gasteiger partial charge in [-0.05, 0) is 38.5 Å². The fraction of sp³-hybridized carbons (Fsp3) is 0.688. The molecule has 3 rings (SSSR count). The Labute approximate surface area is 130 Å². The highest BCUT2D eigenvalue weighted by molar-refractivity contribution is 5.96. The van der Waals surface area contributed by atoms with Gasteiger partial charge in [-0.3, -0.25) is 14.7 Å². The van der Waals surface area contributed by atoms with Crippen LogP contribution in [0.5, 0.6) is 0 Å². The topological polar surface area (TPSA) is 86.9 Å². The number of aryl methyl sites for hydroxylation is 1. The highest BCUT2D eigenvalue weighted by atomic mass is 16.2. The van der Waals surface area contributed by atoms with Crippen molar-refractivity contribution in [3.8, 4) is 0 Å². The van der Waals surface area contributed by atoms with E-state index in [1.165, 1.54) is 19.3 Å². The van der Waals surface area contributed by atoms with Crippen molar-refractivity contribution in [2.45, 2.75) is 63.8 Å². The van der Waals surface area contributed by atoms with E-state index in [4.69, 9.17) is 0 Å². The highest BCUT2D eigenvalue weighted by Gasteiger charge is 2.22. The Balaban J connectivity index is 1.49. The molecule has 0 aromatic carbocycles. The van der Waals surface area contributed by atoms with Gasteiger partial charge in [-0.2, -0.15) is 5.10 Å². The first kappa shape index (κ1) is 15.1. The second-order valence-electron chi connectivity index (χ2n) is 6.32. The number of rotatable bonds is 4. The van der Waals surface area contributed by atoms with Gasteiger partial charge < -0.3 is 10.6 Å². The van der Waals surface area contributed by atoms with Crippen LogP contribution in [0.3, 0.4) is 0 Å². The Bertz CT molecular complexity index is 546. The van der Waals surface area contributed by atoms with Gasteiger partial charge in [0.2, 0.25) is 5.91 Å². The minimum Gasteiger partial charge on any atom is -0.352 e. The fourth-order valence-corrected chi connectivity index (χ4v) is 3.44. The predicted octanol–water partition coefficient (Wildman–Crippen LogP) is 1.47.